The van der Waals surface area contributed by atoms with Gasteiger partial charge in [0, 0.05) is 44.4 Å². The third-order valence-electron chi connectivity index (χ3n) is 4.89. The van der Waals surface area contributed by atoms with E-state index in [-0.39, 0.29) is 23.2 Å². The van der Waals surface area contributed by atoms with Crippen molar-refractivity contribution in [2.24, 2.45) is 0 Å². The topological polar surface area (TPSA) is 119 Å². The smallest absolute Gasteiger partial charge is 0.475 e. The number of carboxylic acids is 1. The van der Waals surface area contributed by atoms with Crippen LogP contribution >= 0.6 is 0 Å². The Hall–Kier alpha value is -1.99. The molecule has 2 aliphatic heterocycles. The third-order valence-corrected chi connectivity index (χ3v) is 6.58. The van der Waals surface area contributed by atoms with Crippen LogP contribution in [0.25, 0.3) is 0 Å². The second-order valence-corrected chi connectivity index (χ2v) is 9.99. The Morgan fingerprint density at radius 3 is 2.58 bits per heavy atom. The summed E-state index contributed by atoms with van der Waals surface area (Å²) in [5, 5.41) is 7.12. The second-order valence-electron chi connectivity index (χ2n) is 7.51. The van der Waals surface area contributed by atoms with Crippen molar-refractivity contribution in [3.63, 3.8) is 0 Å². The van der Waals surface area contributed by atoms with Crippen LogP contribution in [-0.2, 0) is 19.4 Å². The lowest BCUT2D eigenvalue weighted by Crippen LogP contribution is -2.66. The largest absolute Gasteiger partial charge is 0.490 e. The number of sulfone groups is 1. The lowest BCUT2D eigenvalue weighted by atomic mass is 9.85. The lowest BCUT2D eigenvalue weighted by molar-refractivity contribution is -0.192. The van der Waals surface area contributed by atoms with Crippen LogP contribution < -0.4 is 4.74 Å². The molecule has 2 aliphatic rings. The van der Waals surface area contributed by atoms with Crippen LogP contribution in [0.4, 0.5) is 13.2 Å². The first-order valence-electron chi connectivity index (χ1n) is 9.66. The molecule has 0 saturated carbocycles. The maximum absolute atomic E-state index is 11.6. The number of alkyl halides is 3. The van der Waals surface area contributed by atoms with Crippen molar-refractivity contribution in [1.29, 1.82) is 0 Å². The average Bonchev–Trinajstić information content (AvgIpc) is 2.65. The van der Waals surface area contributed by atoms with E-state index in [2.05, 4.69) is 14.9 Å². The molecule has 0 bridgehead atoms. The normalized spacial score (nSPS) is 21.0. The molecular formula is C18H26F3N3O6S. The zero-order chi connectivity index (χ0) is 23.3. The van der Waals surface area contributed by atoms with Crippen molar-refractivity contribution < 1.29 is 41.0 Å². The maximum Gasteiger partial charge on any atom is 0.490 e. The number of likely N-dealkylation sites (tertiary alicyclic amines) is 1. The highest BCUT2D eigenvalue weighted by molar-refractivity contribution is 7.91. The number of hydrogen-bond donors (Lipinski definition) is 1. The van der Waals surface area contributed by atoms with Gasteiger partial charge in [-0.2, -0.15) is 13.2 Å². The van der Waals surface area contributed by atoms with Gasteiger partial charge in [0.15, 0.2) is 9.84 Å². The minimum Gasteiger partial charge on any atom is -0.475 e. The number of aromatic nitrogens is 2. The molecule has 0 amide bonds. The van der Waals surface area contributed by atoms with E-state index in [1.165, 1.54) is 0 Å². The molecule has 1 N–H and O–H groups in total. The van der Waals surface area contributed by atoms with E-state index in [0.717, 1.165) is 31.6 Å². The summed E-state index contributed by atoms with van der Waals surface area (Å²) in [6, 6.07) is 0. The SMILES string of the molecule is CCS(=O)(=O)CCN1CC2(CC(Oc3cncc(C)n3)CCO2)C1.O=C(O)C(F)(F)F. The Bertz CT molecular complexity index is 859. The van der Waals surface area contributed by atoms with Gasteiger partial charge in [0.05, 0.1) is 29.9 Å². The summed E-state index contributed by atoms with van der Waals surface area (Å²) < 4.78 is 66.9. The average molecular weight is 469 g/mol. The Morgan fingerprint density at radius 2 is 2.03 bits per heavy atom. The molecule has 176 valence electrons. The van der Waals surface area contributed by atoms with Gasteiger partial charge in [-0.15, -0.1) is 0 Å². The zero-order valence-corrected chi connectivity index (χ0v) is 18.1. The van der Waals surface area contributed by atoms with Crippen LogP contribution in [-0.4, -0.2) is 90.0 Å². The molecule has 1 spiro atoms. The van der Waals surface area contributed by atoms with E-state index in [1.807, 2.05) is 6.92 Å². The first-order chi connectivity index (χ1) is 14.3. The van der Waals surface area contributed by atoms with E-state index in [4.69, 9.17) is 19.4 Å². The van der Waals surface area contributed by atoms with Crippen LogP contribution in [0.1, 0.15) is 25.5 Å². The zero-order valence-electron chi connectivity index (χ0n) is 17.3. The maximum atomic E-state index is 11.6. The molecule has 1 atom stereocenters. The summed E-state index contributed by atoms with van der Waals surface area (Å²) in [4.78, 5) is 19.5. The van der Waals surface area contributed by atoms with Gasteiger partial charge in [-0.25, -0.2) is 18.2 Å². The van der Waals surface area contributed by atoms with Gasteiger partial charge in [0.25, 0.3) is 0 Å². The van der Waals surface area contributed by atoms with E-state index in [1.54, 1.807) is 19.3 Å². The first-order valence-corrected chi connectivity index (χ1v) is 11.5. The van der Waals surface area contributed by atoms with Crippen molar-refractivity contribution in [3.05, 3.63) is 18.1 Å². The van der Waals surface area contributed by atoms with Crippen molar-refractivity contribution >= 4 is 15.8 Å². The fraction of sp³-hybridized carbons (Fsp3) is 0.722. The molecule has 31 heavy (non-hydrogen) atoms. The van der Waals surface area contributed by atoms with Gasteiger partial charge in [-0.05, 0) is 6.92 Å². The minimum absolute atomic E-state index is 0.0661. The molecule has 2 saturated heterocycles. The number of nitrogens with zero attached hydrogens (tertiary/aromatic N) is 3. The van der Waals surface area contributed by atoms with Gasteiger partial charge in [0.2, 0.25) is 5.88 Å². The summed E-state index contributed by atoms with van der Waals surface area (Å²) in [7, 11) is -2.91. The Kier molecular flexibility index (Phi) is 8.22. The predicted octanol–water partition coefficient (Wildman–Crippen LogP) is 1.47. The minimum atomic E-state index is -5.08. The molecule has 1 aromatic heterocycles. The molecule has 3 heterocycles. The number of halogens is 3. The Labute approximate surface area is 178 Å². The van der Waals surface area contributed by atoms with Gasteiger partial charge in [-0.3, -0.25) is 9.88 Å². The Morgan fingerprint density at radius 1 is 1.39 bits per heavy atom. The molecule has 13 heteroatoms. The van der Waals surface area contributed by atoms with E-state index in [0.29, 0.717) is 19.0 Å². The van der Waals surface area contributed by atoms with Crippen LogP contribution in [0.2, 0.25) is 0 Å². The highest BCUT2D eigenvalue weighted by atomic mass is 32.2. The quantitative estimate of drug-likeness (QED) is 0.660. The summed E-state index contributed by atoms with van der Waals surface area (Å²) in [5.74, 6) is -1.77. The van der Waals surface area contributed by atoms with Crippen LogP contribution in [0.15, 0.2) is 12.4 Å². The molecule has 2 fully saturated rings. The lowest BCUT2D eigenvalue weighted by Gasteiger charge is -2.53. The number of aliphatic carboxylic acids is 1. The third kappa shape index (κ3) is 7.89. The number of ether oxygens (including phenoxy) is 2. The summed E-state index contributed by atoms with van der Waals surface area (Å²) in [5.41, 5.74) is 0.636. The fourth-order valence-electron chi connectivity index (χ4n) is 3.31. The van der Waals surface area contributed by atoms with E-state index >= 15 is 0 Å². The van der Waals surface area contributed by atoms with Crippen LogP contribution in [0.5, 0.6) is 5.88 Å². The highest BCUT2D eigenvalue weighted by Gasteiger charge is 2.48. The molecule has 3 rings (SSSR count). The predicted molar refractivity (Wildman–Crippen MR) is 104 cm³/mol. The molecule has 0 aliphatic carbocycles. The molecule has 0 aromatic carbocycles. The number of rotatable bonds is 6. The molecule has 1 unspecified atom stereocenters. The molecular weight excluding hydrogens is 443 g/mol. The summed E-state index contributed by atoms with van der Waals surface area (Å²) in [6.45, 7) is 6.35. The first kappa shape index (κ1) is 25.3. The van der Waals surface area contributed by atoms with Gasteiger partial charge >= 0.3 is 12.1 Å². The van der Waals surface area contributed by atoms with Crippen molar-refractivity contribution in [3.8, 4) is 5.88 Å². The summed E-state index contributed by atoms with van der Waals surface area (Å²) >= 11 is 0. The van der Waals surface area contributed by atoms with Crippen LogP contribution in [0.3, 0.4) is 0 Å². The monoisotopic (exact) mass is 469 g/mol. The van der Waals surface area contributed by atoms with Gasteiger partial charge in [0.1, 0.15) is 6.10 Å². The molecule has 1 aromatic rings. The van der Waals surface area contributed by atoms with Crippen molar-refractivity contribution in [1.82, 2.24) is 14.9 Å². The fourth-order valence-corrected chi connectivity index (χ4v) is 4.14. The van der Waals surface area contributed by atoms with Gasteiger partial charge < -0.3 is 14.6 Å². The standard InChI is InChI=1S/C16H25N3O4S.C2HF3O2/c1-3-24(20,21)7-5-19-11-16(12-19)8-14(4-6-22-16)23-15-10-17-9-13(2)18-15;3-2(4,5)1(6)7/h9-10,14H,3-8,11-12H2,1-2H3;(H,6,7). The number of carboxylic acid groups (broad SMARTS) is 1. The number of hydrogen-bond acceptors (Lipinski definition) is 8. The number of aryl methyl sites for hydroxylation is 1. The van der Waals surface area contributed by atoms with E-state index < -0.39 is 22.0 Å². The van der Waals surface area contributed by atoms with Crippen LogP contribution in [0, 0.1) is 6.92 Å². The number of carbonyl (C=O) groups is 1. The van der Waals surface area contributed by atoms with E-state index in [9.17, 15) is 21.6 Å². The summed E-state index contributed by atoms with van der Waals surface area (Å²) in [6.07, 6.45) is -0.0395. The van der Waals surface area contributed by atoms with Gasteiger partial charge in [-0.1, -0.05) is 6.92 Å². The molecule has 0 radical (unpaired) electrons. The molecule has 9 nitrogen and oxygen atoms in total. The van der Waals surface area contributed by atoms with Crippen molar-refractivity contribution in [2.75, 3.05) is 37.7 Å². The highest BCUT2D eigenvalue weighted by Crippen LogP contribution is 2.35. The van der Waals surface area contributed by atoms with Crippen molar-refractivity contribution in [2.45, 2.75) is 44.6 Å². The second kappa shape index (κ2) is 10.1. The Balaban J connectivity index is 0.000000423.